The van der Waals surface area contributed by atoms with E-state index in [1.54, 1.807) is 16.6 Å². The lowest BCUT2D eigenvalue weighted by Gasteiger charge is -2.22. The smallest absolute Gasteiger partial charge is 0.274 e. The van der Waals surface area contributed by atoms with Crippen LogP contribution in [0.5, 0.6) is 0 Å². The van der Waals surface area contributed by atoms with Gasteiger partial charge in [-0.25, -0.2) is 4.68 Å². The highest BCUT2D eigenvalue weighted by Crippen LogP contribution is 2.27. The van der Waals surface area contributed by atoms with E-state index in [2.05, 4.69) is 5.10 Å². The highest BCUT2D eigenvalue weighted by atomic mass is 16.3. The Balaban J connectivity index is 1.60. The minimum atomic E-state index is -0.202. The van der Waals surface area contributed by atoms with Crippen molar-refractivity contribution in [1.82, 2.24) is 14.7 Å². The van der Waals surface area contributed by atoms with Gasteiger partial charge in [-0.1, -0.05) is 36.4 Å². The van der Waals surface area contributed by atoms with Gasteiger partial charge in [0, 0.05) is 18.1 Å². The SMILES string of the molecule is Cc1cc(C(=O)N(C)C(C)c2cc3ccccc3o2)nn1-c1ccccc1. The third-order valence-electron chi connectivity index (χ3n) is 4.86. The van der Waals surface area contributed by atoms with Crippen LogP contribution in [0.1, 0.15) is 34.9 Å². The van der Waals surface area contributed by atoms with E-state index in [0.29, 0.717) is 5.69 Å². The molecule has 0 fully saturated rings. The molecule has 0 aliphatic heterocycles. The minimum Gasteiger partial charge on any atom is -0.459 e. The quantitative estimate of drug-likeness (QED) is 0.528. The summed E-state index contributed by atoms with van der Waals surface area (Å²) in [6.45, 7) is 3.90. The zero-order valence-corrected chi connectivity index (χ0v) is 15.6. The summed E-state index contributed by atoms with van der Waals surface area (Å²) < 4.78 is 7.70. The summed E-state index contributed by atoms with van der Waals surface area (Å²) in [6, 6.07) is 21.2. The van der Waals surface area contributed by atoms with Crippen molar-refractivity contribution in [3.05, 3.63) is 83.9 Å². The van der Waals surface area contributed by atoms with Crippen molar-refractivity contribution in [1.29, 1.82) is 0 Å². The molecule has 2 aromatic carbocycles. The first-order valence-electron chi connectivity index (χ1n) is 8.92. The molecule has 0 saturated heterocycles. The number of rotatable bonds is 4. The molecule has 4 aromatic rings. The van der Waals surface area contributed by atoms with E-state index in [9.17, 15) is 4.79 Å². The lowest BCUT2D eigenvalue weighted by atomic mass is 10.2. The molecule has 0 spiro atoms. The van der Waals surface area contributed by atoms with Crippen molar-refractivity contribution < 1.29 is 9.21 Å². The summed E-state index contributed by atoms with van der Waals surface area (Å²) in [5.41, 5.74) is 3.09. The van der Waals surface area contributed by atoms with Crippen molar-refractivity contribution in [3.8, 4) is 5.69 Å². The Morgan fingerprint density at radius 2 is 1.78 bits per heavy atom. The first-order valence-corrected chi connectivity index (χ1v) is 8.92. The fourth-order valence-electron chi connectivity index (χ4n) is 3.17. The van der Waals surface area contributed by atoms with Crippen LogP contribution in [0.2, 0.25) is 0 Å². The lowest BCUT2D eigenvalue weighted by molar-refractivity contribution is 0.0721. The second-order valence-corrected chi connectivity index (χ2v) is 6.70. The molecule has 136 valence electrons. The molecule has 0 N–H and O–H groups in total. The van der Waals surface area contributed by atoms with E-state index in [1.807, 2.05) is 80.6 Å². The molecule has 5 nitrogen and oxygen atoms in total. The van der Waals surface area contributed by atoms with Crippen molar-refractivity contribution in [2.24, 2.45) is 0 Å². The summed E-state index contributed by atoms with van der Waals surface area (Å²) in [6.07, 6.45) is 0. The normalized spacial score (nSPS) is 12.3. The van der Waals surface area contributed by atoms with Gasteiger partial charge in [-0.15, -0.1) is 0 Å². The van der Waals surface area contributed by atoms with Crippen molar-refractivity contribution in [2.75, 3.05) is 7.05 Å². The van der Waals surface area contributed by atoms with Crippen LogP contribution in [0, 0.1) is 6.92 Å². The minimum absolute atomic E-state index is 0.138. The first kappa shape index (κ1) is 17.1. The monoisotopic (exact) mass is 359 g/mol. The number of nitrogens with zero attached hydrogens (tertiary/aromatic N) is 3. The number of para-hydroxylation sites is 2. The number of hydrogen-bond acceptors (Lipinski definition) is 3. The molecule has 27 heavy (non-hydrogen) atoms. The maximum absolute atomic E-state index is 13.0. The molecule has 1 unspecified atom stereocenters. The highest BCUT2D eigenvalue weighted by molar-refractivity contribution is 5.92. The summed E-state index contributed by atoms with van der Waals surface area (Å²) in [5, 5.41) is 5.55. The Morgan fingerprint density at radius 1 is 1.07 bits per heavy atom. The lowest BCUT2D eigenvalue weighted by Crippen LogP contribution is -2.29. The molecule has 0 radical (unpaired) electrons. The number of amides is 1. The fraction of sp³-hybridized carbons (Fsp3) is 0.182. The zero-order valence-electron chi connectivity index (χ0n) is 15.6. The molecule has 0 bridgehead atoms. The summed E-state index contributed by atoms with van der Waals surface area (Å²) in [5.74, 6) is 0.618. The van der Waals surface area contributed by atoms with E-state index in [1.165, 1.54) is 0 Å². The molecule has 0 saturated carbocycles. The summed E-state index contributed by atoms with van der Waals surface area (Å²) >= 11 is 0. The van der Waals surface area contributed by atoms with Crippen LogP contribution < -0.4 is 0 Å². The number of aromatic nitrogens is 2. The van der Waals surface area contributed by atoms with Crippen LogP contribution in [-0.2, 0) is 0 Å². The fourth-order valence-corrected chi connectivity index (χ4v) is 3.17. The highest BCUT2D eigenvalue weighted by Gasteiger charge is 2.24. The van der Waals surface area contributed by atoms with Crippen LogP contribution in [-0.4, -0.2) is 27.6 Å². The van der Waals surface area contributed by atoms with Crippen LogP contribution in [0.3, 0.4) is 0 Å². The van der Waals surface area contributed by atoms with E-state index in [0.717, 1.165) is 28.1 Å². The van der Waals surface area contributed by atoms with Crippen LogP contribution in [0.4, 0.5) is 0 Å². The van der Waals surface area contributed by atoms with Gasteiger partial charge in [-0.3, -0.25) is 4.79 Å². The van der Waals surface area contributed by atoms with Gasteiger partial charge in [0.1, 0.15) is 11.3 Å². The standard InChI is InChI=1S/C22H21N3O2/c1-15-13-19(23-25(15)18-10-5-4-6-11-18)22(26)24(3)16(2)21-14-17-9-7-8-12-20(17)27-21/h4-14,16H,1-3H3. The second kappa shape index (κ2) is 6.76. The van der Waals surface area contributed by atoms with E-state index in [4.69, 9.17) is 4.42 Å². The molecule has 2 aromatic heterocycles. The molecular weight excluding hydrogens is 338 g/mol. The van der Waals surface area contributed by atoms with Crippen molar-refractivity contribution >= 4 is 16.9 Å². The van der Waals surface area contributed by atoms with Crippen molar-refractivity contribution in [3.63, 3.8) is 0 Å². The number of carbonyl (C=O) groups excluding carboxylic acids is 1. The van der Waals surface area contributed by atoms with Crippen LogP contribution in [0.15, 0.2) is 71.1 Å². The number of furan rings is 1. The Bertz CT molecular complexity index is 1060. The third kappa shape index (κ3) is 3.12. The van der Waals surface area contributed by atoms with Gasteiger partial charge in [0.2, 0.25) is 0 Å². The van der Waals surface area contributed by atoms with Gasteiger partial charge in [-0.2, -0.15) is 5.10 Å². The van der Waals surface area contributed by atoms with Gasteiger partial charge in [0.25, 0.3) is 5.91 Å². The van der Waals surface area contributed by atoms with Crippen LogP contribution in [0.25, 0.3) is 16.7 Å². The third-order valence-corrected chi connectivity index (χ3v) is 4.86. The Hall–Kier alpha value is -3.34. The average Bonchev–Trinajstić information content (AvgIpc) is 3.30. The maximum Gasteiger partial charge on any atom is 0.274 e. The van der Waals surface area contributed by atoms with Gasteiger partial charge < -0.3 is 9.32 Å². The zero-order chi connectivity index (χ0) is 19.0. The van der Waals surface area contributed by atoms with Gasteiger partial charge in [0.05, 0.1) is 11.7 Å². The number of benzene rings is 2. The van der Waals surface area contributed by atoms with Crippen LogP contribution >= 0.6 is 0 Å². The van der Waals surface area contributed by atoms with Crippen molar-refractivity contribution in [2.45, 2.75) is 19.9 Å². The molecule has 0 aliphatic carbocycles. The Labute approximate surface area is 157 Å². The Kier molecular flexibility index (Phi) is 4.28. The molecule has 1 amide bonds. The van der Waals surface area contributed by atoms with Gasteiger partial charge in [-0.05, 0) is 44.2 Å². The number of fused-ring (bicyclic) bond motifs is 1. The van der Waals surface area contributed by atoms with Gasteiger partial charge in [0.15, 0.2) is 5.69 Å². The molecule has 0 aliphatic rings. The van der Waals surface area contributed by atoms with E-state index >= 15 is 0 Å². The predicted octanol–water partition coefficient (Wildman–Crippen LogP) is 4.76. The average molecular weight is 359 g/mol. The number of aryl methyl sites for hydroxylation is 1. The summed E-state index contributed by atoms with van der Waals surface area (Å²) in [7, 11) is 1.77. The molecule has 5 heteroatoms. The van der Waals surface area contributed by atoms with Gasteiger partial charge >= 0.3 is 0 Å². The Morgan fingerprint density at radius 3 is 2.52 bits per heavy atom. The molecular formula is C22H21N3O2. The second-order valence-electron chi connectivity index (χ2n) is 6.70. The largest absolute Gasteiger partial charge is 0.459 e. The number of carbonyl (C=O) groups is 1. The maximum atomic E-state index is 13.0. The summed E-state index contributed by atoms with van der Waals surface area (Å²) in [4.78, 5) is 14.6. The topological polar surface area (TPSA) is 51.3 Å². The van der Waals surface area contributed by atoms with E-state index in [-0.39, 0.29) is 11.9 Å². The molecule has 2 heterocycles. The van der Waals surface area contributed by atoms with E-state index < -0.39 is 0 Å². The molecule has 1 atom stereocenters. The number of hydrogen-bond donors (Lipinski definition) is 0. The predicted molar refractivity (Wildman–Crippen MR) is 105 cm³/mol. The first-order chi connectivity index (χ1) is 13.0. The molecule has 4 rings (SSSR count).